The smallest absolute Gasteiger partial charge is 0.167 e. The van der Waals surface area contributed by atoms with Gasteiger partial charge in [-0.3, -0.25) is 4.79 Å². The minimum Gasteiger partial charge on any atom is -0.294 e. The van der Waals surface area contributed by atoms with Gasteiger partial charge in [-0.05, 0) is 35.9 Å². The van der Waals surface area contributed by atoms with Gasteiger partial charge >= 0.3 is 0 Å². The molecule has 4 heteroatoms. The molecule has 0 saturated carbocycles. The van der Waals surface area contributed by atoms with E-state index in [0.717, 1.165) is 5.56 Å². The Hall–Kier alpha value is -2.10. The SMILES string of the molecule is O=C(Cc1ccnnc1)c1ccc(F)cc1. The number of Topliss-reactive ketones (excluding diaryl/α,β-unsaturated/α-hetero) is 1. The highest BCUT2D eigenvalue weighted by Gasteiger charge is 2.06. The van der Waals surface area contributed by atoms with Gasteiger partial charge in [0.1, 0.15) is 5.82 Å². The topological polar surface area (TPSA) is 42.9 Å². The van der Waals surface area contributed by atoms with Crippen molar-refractivity contribution in [3.8, 4) is 0 Å². The van der Waals surface area contributed by atoms with Crippen LogP contribution in [-0.4, -0.2) is 16.0 Å². The van der Waals surface area contributed by atoms with Crippen LogP contribution in [0.2, 0.25) is 0 Å². The molecule has 1 heterocycles. The van der Waals surface area contributed by atoms with Crippen molar-refractivity contribution in [2.75, 3.05) is 0 Å². The van der Waals surface area contributed by atoms with Crippen LogP contribution in [0.25, 0.3) is 0 Å². The number of ketones is 1. The third-order valence-corrected chi connectivity index (χ3v) is 2.18. The van der Waals surface area contributed by atoms with E-state index in [4.69, 9.17) is 0 Å². The van der Waals surface area contributed by atoms with Gasteiger partial charge in [0.25, 0.3) is 0 Å². The Morgan fingerprint density at radius 3 is 2.50 bits per heavy atom. The predicted octanol–water partition coefficient (Wildman–Crippen LogP) is 2.04. The molecule has 16 heavy (non-hydrogen) atoms. The van der Waals surface area contributed by atoms with Crippen LogP contribution in [0.1, 0.15) is 15.9 Å². The molecule has 1 aromatic carbocycles. The molecule has 0 aliphatic rings. The van der Waals surface area contributed by atoms with Crippen molar-refractivity contribution in [2.24, 2.45) is 0 Å². The molecule has 1 aromatic heterocycles. The van der Waals surface area contributed by atoms with Gasteiger partial charge in [-0.1, -0.05) is 0 Å². The number of hydrogen-bond donors (Lipinski definition) is 0. The molecular formula is C12H9FN2O. The molecule has 0 aliphatic carbocycles. The molecule has 3 nitrogen and oxygen atoms in total. The number of halogens is 1. The summed E-state index contributed by atoms with van der Waals surface area (Å²) in [6, 6.07) is 7.24. The van der Waals surface area contributed by atoms with Crippen LogP contribution in [0.3, 0.4) is 0 Å². The zero-order valence-electron chi connectivity index (χ0n) is 8.43. The summed E-state index contributed by atoms with van der Waals surface area (Å²) < 4.78 is 12.6. The van der Waals surface area contributed by atoms with Crippen molar-refractivity contribution in [1.29, 1.82) is 0 Å². The maximum Gasteiger partial charge on any atom is 0.167 e. The van der Waals surface area contributed by atoms with Crippen LogP contribution in [0.4, 0.5) is 4.39 Å². The Labute approximate surface area is 92.0 Å². The Bertz CT molecular complexity index is 482. The molecule has 0 spiro atoms. The summed E-state index contributed by atoms with van der Waals surface area (Å²) in [6.07, 6.45) is 3.33. The van der Waals surface area contributed by atoms with E-state index in [1.807, 2.05) is 0 Å². The van der Waals surface area contributed by atoms with Gasteiger partial charge in [-0.2, -0.15) is 10.2 Å². The van der Waals surface area contributed by atoms with Gasteiger partial charge in [0, 0.05) is 18.2 Å². The Morgan fingerprint density at radius 1 is 1.12 bits per heavy atom. The normalized spacial score (nSPS) is 10.1. The van der Waals surface area contributed by atoms with Crippen molar-refractivity contribution in [1.82, 2.24) is 10.2 Å². The van der Waals surface area contributed by atoms with E-state index in [1.54, 1.807) is 12.3 Å². The summed E-state index contributed by atoms with van der Waals surface area (Å²) in [5.41, 5.74) is 1.29. The van der Waals surface area contributed by atoms with Crippen LogP contribution < -0.4 is 0 Å². The molecule has 0 unspecified atom stereocenters. The standard InChI is InChI=1S/C12H9FN2O/c13-11-3-1-10(2-4-11)12(16)7-9-5-6-14-15-8-9/h1-6,8H,7H2. The van der Waals surface area contributed by atoms with Gasteiger partial charge < -0.3 is 0 Å². The maximum absolute atomic E-state index is 12.6. The predicted molar refractivity (Wildman–Crippen MR) is 56.5 cm³/mol. The third kappa shape index (κ3) is 2.48. The fourth-order valence-corrected chi connectivity index (χ4v) is 1.35. The average molecular weight is 216 g/mol. The van der Waals surface area contributed by atoms with Gasteiger partial charge in [0.15, 0.2) is 5.78 Å². The van der Waals surface area contributed by atoms with Crippen LogP contribution in [0.5, 0.6) is 0 Å². The molecule has 0 atom stereocenters. The van der Waals surface area contributed by atoms with Crippen LogP contribution in [-0.2, 0) is 6.42 Å². The first-order valence-corrected chi connectivity index (χ1v) is 4.80. The fourth-order valence-electron chi connectivity index (χ4n) is 1.35. The van der Waals surface area contributed by atoms with E-state index in [-0.39, 0.29) is 18.0 Å². The number of hydrogen-bond acceptors (Lipinski definition) is 3. The Kier molecular flexibility index (Phi) is 3.00. The largest absolute Gasteiger partial charge is 0.294 e. The van der Waals surface area contributed by atoms with Crippen molar-refractivity contribution in [3.63, 3.8) is 0 Å². The highest BCUT2D eigenvalue weighted by atomic mass is 19.1. The van der Waals surface area contributed by atoms with E-state index in [2.05, 4.69) is 10.2 Å². The number of carbonyl (C=O) groups is 1. The summed E-state index contributed by atoms with van der Waals surface area (Å²) in [7, 11) is 0. The zero-order valence-corrected chi connectivity index (χ0v) is 8.43. The highest BCUT2D eigenvalue weighted by molar-refractivity contribution is 5.97. The summed E-state index contributed by atoms with van der Waals surface area (Å²) in [5.74, 6) is -0.407. The number of carbonyl (C=O) groups excluding carboxylic acids is 1. The number of aromatic nitrogens is 2. The molecular weight excluding hydrogens is 207 g/mol. The first kappa shape index (κ1) is 10.4. The molecule has 2 rings (SSSR count). The minimum absolute atomic E-state index is 0.0620. The molecule has 0 saturated heterocycles. The minimum atomic E-state index is -0.345. The van der Waals surface area contributed by atoms with Gasteiger partial charge in [0.2, 0.25) is 0 Å². The summed E-state index contributed by atoms with van der Waals surface area (Å²) >= 11 is 0. The molecule has 0 bridgehead atoms. The van der Waals surface area contributed by atoms with Gasteiger partial charge in [0.05, 0.1) is 6.20 Å². The first-order valence-electron chi connectivity index (χ1n) is 4.80. The van der Waals surface area contributed by atoms with Gasteiger partial charge in [-0.15, -0.1) is 0 Å². The quantitative estimate of drug-likeness (QED) is 0.737. The molecule has 0 radical (unpaired) electrons. The zero-order chi connectivity index (χ0) is 11.4. The number of nitrogens with zero attached hydrogens (tertiary/aromatic N) is 2. The average Bonchev–Trinajstić information content (AvgIpc) is 2.31. The molecule has 80 valence electrons. The molecule has 0 N–H and O–H groups in total. The highest BCUT2D eigenvalue weighted by Crippen LogP contribution is 2.07. The fraction of sp³-hybridized carbons (Fsp3) is 0.0833. The van der Waals surface area contributed by atoms with Crippen molar-refractivity contribution in [3.05, 3.63) is 59.7 Å². The van der Waals surface area contributed by atoms with Crippen molar-refractivity contribution >= 4 is 5.78 Å². The van der Waals surface area contributed by atoms with Crippen LogP contribution in [0.15, 0.2) is 42.7 Å². The van der Waals surface area contributed by atoms with E-state index in [0.29, 0.717) is 5.56 Å². The van der Waals surface area contributed by atoms with Gasteiger partial charge in [-0.25, -0.2) is 4.39 Å². The molecule has 2 aromatic rings. The number of benzene rings is 1. The second-order valence-electron chi connectivity index (χ2n) is 3.36. The monoisotopic (exact) mass is 216 g/mol. The van der Waals surface area contributed by atoms with E-state index in [9.17, 15) is 9.18 Å². The number of rotatable bonds is 3. The lowest BCUT2D eigenvalue weighted by atomic mass is 10.0. The first-order chi connectivity index (χ1) is 7.75. The lowest BCUT2D eigenvalue weighted by molar-refractivity contribution is 0.0993. The molecule has 0 aliphatic heterocycles. The van der Waals surface area contributed by atoms with Crippen LogP contribution >= 0.6 is 0 Å². The summed E-state index contributed by atoms with van der Waals surface area (Å²) in [6.45, 7) is 0. The third-order valence-electron chi connectivity index (χ3n) is 2.18. The van der Waals surface area contributed by atoms with E-state index >= 15 is 0 Å². The van der Waals surface area contributed by atoms with Crippen molar-refractivity contribution in [2.45, 2.75) is 6.42 Å². The lowest BCUT2D eigenvalue weighted by Crippen LogP contribution is -2.03. The maximum atomic E-state index is 12.6. The van der Waals surface area contributed by atoms with Crippen LogP contribution in [0, 0.1) is 5.82 Å². The lowest BCUT2D eigenvalue weighted by Gasteiger charge is -2.00. The Balaban J connectivity index is 2.12. The molecule has 0 fully saturated rings. The Morgan fingerprint density at radius 2 is 1.88 bits per heavy atom. The second-order valence-corrected chi connectivity index (χ2v) is 3.36. The van der Waals surface area contributed by atoms with Crippen molar-refractivity contribution < 1.29 is 9.18 Å². The second kappa shape index (κ2) is 4.61. The molecule has 0 amide bonds. The van der Waals surface area contributed by atoms with E-state index < -0.39 is 0 Å². The summed E-state index contributed by atoms with van der Waals surface area (Å²) in [5, 5.41) is 7.31. The summed E-state index contributed by atoms with van der Waals surface area (Å²) in [4.78, 5) is 11.8. The van der Waals surface area contributed by atoms with E-state index in [1.165, 1.54) is 30.5 Å².